The fourth-order valence-corrected chi connectivity index (χ4v) is 3.86. The van der Waals surface area contributed by atoms with Gasteiger partial charge < -0.3 is 18.9 Å². The molecule has 3 rings (SSSR count). The molecule has 0 unspecified atom stereocenters. The van der Waals surface area contributed by atoms with Crippen molar-refractivity contribution in [2.75, 3.05) is 33.5 Å². The van der Waals surface area contributed by atoms with Gasteiger partial charge >= 0.3 is 17.9 Å². The smallest absolute Gasteiger partial charge is 0.338 e. The highest BCUT2D eigenvalue weighted by atomic mass is 32.2. The van der Waals surface area contributed by atoms with Crippen molar-refractivity contribution in [1.82, 2.24) is 0 Å². The van der Waals surface area contributed by atoms with Gasteiger partial charge in [0.1, 0.15) is 19.8 Å². The summed E-state index contributed by atoms with van der Waals surface area (Å²) in [5.74, 6) is -2.71. The van der Waals surface area contributed by atoms with Gasteiger partial charge in [0, 0.05) is 12.7 Å². The second-order valence-corrected chi connectivity index (χ2v) is 9.38. The van der Waals surface area contributed by atoms with Gasteiger partial charge in [-0.1, -0.05) is 18.2 Å². The lowest BCUT2D eigenvalue weighted by atomic mass is 10.0. The third-order valence-corrected chi connectivity index (χ3v) is 6.06. The maximum absolute atomic E-state index is 12.5. The SMILES string of the molecule is COCCOC(=O)c1cc(C(=O)OCCOC(=O)c2ccc3cc(C(C)=O)ccc3c2)cc(S(=O)(=O)O)c1. The Kier molecular flexibility index (Phi) is 9.29. The molecule has 0 aliphatic rings. The Bertz CT molecular complexity index is 1490. The monoisotopic (exact) mass is 544 g/mol. The molecule has 12 heteroatoms. The highest BCUT2D eigenvalue weighted by Crippen LogP contribution is 2.20. The summed E-state index contributed by atoms with van der Waals surface area (Å²) in [6, 6.07) is 12.6. The molecule has 0 saturated carbocycles. The first-order chi connectivity index (χ1) is 18.0. The Hall–Kier alpha value is -4.13. The summed E-state index contributed by atoms with van der Waals surface area (Å²) in [7, 11) is -3.36. The predicted molar refractivity (Wildman–Crippen MR) is 133 cm³/mol. The Morgan fingerprint density at radius 3 is 1.58 bits per heavy atom. The summed E-state index contributed by atoms with van der Waals surface area (Å²) >= 11 is 0. The zero-order valence-corrected chi connectivity index (χ0v) is 21.3. The Balaban J connectivity index is 1.62. The van der Waals surface area contributed by atoms with Crippen LogP contribution in [-0.4, -0.2) is 70.2 Å². The predicted octanol–water partition coefficient (Wildman–Crippen LogP) is 3.11. The molecular weight excluding hydrogens is 520 g/mol. The fraction of sp³-hybridized carbons (Fsp3) is 0.231. The van der Waals surface area contributed by atoms with Crippen LogP contribution >= 0.6 is 0 Å². The maximum Gasteiger partial charge on any atom is 0.338 e. The van der Waals surface area contributed by atoms with Crippen molar-refractivity contribution < 1.29 is 51.1 Å². The molecule has 38 heavy (non-hydrogen) atoms. The number of benzene rings is 3. The van der Waals surface area contributed by atoms with Gasteiger partial charge in [0.25, 0.3) is 10.1 Å². The number of ketones is 1. The molecule has 0 heterocycles. The summed E-state index contributed by atoms with van der Waals surface area (Å²) in [6.45, 7) is 0.756. The lowest BCUT2D eigenvalue weighted by molar-refractivity contribution is 0.0265. The van der Waals surface area contributed by atoms with Gasteiger partial charge in [-0.15, -0.1) is 0 Å². The van der Waals surface area contributed by atoms with Crippen molar-refractivity contribution in [3.63, 3.8) is 0 Å². The minimum atomic E-state index is -4.76. The molecule has 3 aromatic rings. The highest BCUT2D eigenvalue weighted by Gasteiger charge is 2.20. The average Bonchev–Trinajstić information content (AvgIpc) is 2.89. The number of methoxy groups -OCH3 is 1. The molecule has 0 bridgehead atoms. The van der Waals surface area contributed by atoms with E-state index in [-0.39, 0.29) is 48.9 Å². The van der Waals surface area contributed by atoms with Crippen LogP contribution in [0.1, 0.15) is 48.4 Å². The van der Waals surface area contributed by atoms with Crippen LogP contribution < -0.4 is 0 Å². The molecule has 0 spiro atoms. The number of rotatable bonds is 11. The molecular formula is C26H24O11S. The Morgan fingerprint density at radius 2 is 1.11 bits per heavy atom. The van der Waals surface area contributed by atoms with Crippen LogP contribution in [0.15, 0.2) is 59.5 Å². The van der Waals surface area contributed by atoms with E-state index in [9.17, 15) is 32.1 Å². The summed E-state index contributed by atoms with van der Waals surface area (Å²) in [5, 5.41) is 1.50. The minimum absolute atomic E-state index is 0.0760. The third-order valence-electron chi connectivity index (χ3n) is 5.23. The van der Waals surface area contributed by atoms with Gasteiger partial charge in [-0.3, -0.25) is 9.35 Å². The van der Waals surface area contributed by atoms with Crippen molar-refractivity contribution in [3.8, 4) is 0 Å². The molecule has 200 valence electrons. The van der Waals surface area contributed by atoms with Gasteiger partial charge in [0.2, 0.25) is 0 Å². The van der Waals surface area contributed by atoms with Crippen LogP contribution in [0.4, 0.5) is 0 Å². The second-order valence-electron chi connectivity index (χ2n) is 7.95. The number of hydrogen-bond donors (Lipinski definition) is 1. The molecule has 0 amide bonds. The number of fused-ring (bicyclic) bond motifs is 1. The normalized spacial score (nSPS) is 11.1. The van der Waals surface area contributed by atoms with E-state index >= 15 is 0 Å². The van der Waals surface area contributed by atoms with Crippen molar-refractivity contribution in [2.24, 2.45) is 0 Å². The zero-order valence-electron chi connectivity index (χ0n) is 20.5. The van der Waals surface area contributed by atoms with Crippen LogP contribution in [0.25, 0.3) is 10.8 Å². The molecule has 0 radical (unpaired) electrons. The van der Waals surface area contributed by atoms with Crippen LogP contribution in [-0.2, 0) is 29.1 Å². The van der Waals surface area contributed by atoms with Crippen LogP contribution in [0.2, 0.25) is 0 Å². The summed E-state index contributed by atoms with van der Waals surface area (Å²) in [6.07, 6.45) is 0. The first-order valence-electron chi connectivity index (χ1n) is 11.2. The second kappa shape index (κ2) is 12.4. The minimum Gasteiger partial charge on any atom is -0.460 e. The number of hydrogen-bond acceptors (Lipinski definition) is 10. The van der Waals surface area contributed by atoms with E-state index in [0.29, 0.717) is 5.56 Å². The first kappa shape index (κ1) is 28.4. The van der Waals surface area contributed by atoms with Gasteiger partial charge in [0.05, 0.1) is 28.2 Å². The number of Topliss-reactive ketones (excluding diaryl/α,β-unsaturated/α-hetero) is 1. The number of esters is 3. The highest BCUT2D eigenvalue weighted by molar-refractivity contribution is 7.85. The molecule has 0 saturated heterocycles. The van der Waals surface area contributed by atoms with E-state index in [0.717, 1.165) is 29.0 Å². The lowest BCUT2D eigenvalue weighted by Gasteiger charge is -2.10. The molecule has 3 aromatic carbocycles. The van der Waals surface area contributed by atoms with E-state index in [2.05, 4.69) is 0 Å². The van der Waals surface area contributed by atoms with Crippen LogP contribution in [0, 0.1) is 0 Å². The summed E-state index contributed by atoms with van der Waals surface area (Å²) < 4.78 is 52.4. The van der Waals surface area contributed by atoms with E-state index in [4.69, 9.17) is 18.9 Å². The molecule has 0 atom stereocenters. The van der Waals surface area contributed by atoms with Crippen LogP contribution in [0.5, 0.6) is 0 Å². The molecule has 0 aliphatic heterocycles. The maximum atomic E-state index is 12.5. The average molecular weight is 545 g/mol. The Labute approximate surface area is 218 Å². The van der Waals surface area contributed by atoms with Crippen molar-refractivity contribution >= 4 is 44.6 Å². The molecule has 0 fully saturated rings. The van der Waals surface area contributed by atoms with Crippen molar-refractivity contribution in [2.45, 2.75) is 11.8 Å². The van der Waals surface area contributed by atoms with E-state index in [1.54, 1.807) is 30.3 Å². The van der Waals surface area contributed by atoms with Gasteiger partial charge in [-0.2, -0.15) is 8.42 Å². The van der Waals surface area contributed by atoms with Crippen LogP contribution in [0.3, 0.4) is 0 Å². The topological polar surface area (TPSA) is 160 Å². The molecule has 0 aromatic heterocycles. The molecule has 11 nitrogen and oxygen atoms in total. The quantitative estimate of drug-likeness (QED) is 0.124. The van der Waals surface area contributed by atoms with Gasteiger partial charge in [0.15, 0.2) is 5.78 Å². The lowest BCUT2D eigenvalue weighted by Crippen LogP contribution is -2.16. The third kappa shape index (κ3) is 7.44. The molecule has 0 aliphatic carbocycles. The van der Waals surface area contributed by atoms with E-state index in [1.807, 2.05) is 0 Å². The van der Waals surface area contributed by atoms with Gasteiger partial charge in [-0.05, 0) is 54.1 Å². The van der Waals surface area contributed by atoms with E-state index in [1.165, 1.54) is 20.1 Å². The first-order valence-corrected chi connectivity index (χ1v) is 12.6. The fourth-order valence-electron chi connectivity index (χ4n) is 3.31. The van der Waals surface area contributed by atoms with Gasteiger partial charge in [-0.25, -0.2) is 14.4 Å². The van der Waals surface area contributed by atoms with Crippen molar-refractivity contribution in [1.29, 1.82) is 0 Å². The number of carbonyl (C=O) groups excluding carboxylic acids is 4. The zero-order chi connectivity index (χ0) is 27.9. The van der Waals surface area contributed by atoms with Crippen molar-refractivity contribution in [3.05, 3.63) is 76.9 Å². The standard InChI is InChI=1S/C26H24O11S/c1-16(27)17-3-4-19-12-20(6-5-18(19)11-17)24(28)36-9-10-37-26(30)22-13-21(25(29)35-8-7-34-2)14-23(15-22)38(31,32)33/h3-6,11-15H,7-10H2,1-2H3,(H,31,32,33). The summed E-state index contributed by atoms with van der Waals surface area (Å²) in [4.78, 5) is 47.9. The number of carbonyl (C=O) groups is 4. The number of ether oxygens (including phenoxy) is 4. The Morgan fingerprint density at radius 1 is 0.658 bits per heavy atom. The largest absolute Gasteiger partial charge is 0.460 e. The summed E-state index contributed by atoms with van der Waals surface area (Å²) in [5.41, 5.74) is 0.148. The van der Waals surface area contributed by atoms with E-state index < -0.39 is 32.9 Å². The molecule has 1 N–H and O–H groups in total.